The Morgan fingerprint density at radius 3 is 2.27 bits per heavy atom. The number of nitrogens with zero attached hydrogens (tertiary/aromatic N) is 2. The number of aryl methyl sites for hydroxylation is 4. The van der Waals surface area contributed by atoms with Crippen LogP contribution in [0.2, 0.25) is 0 Å². The molecule has 1 aromatic heterocycles. The van der Waals surface area contributed by atoms with Crippen molar-refractivity contribution in [3.8, 4) is 0 Å². The minimum atomic E-state index is -3.60. The van der Waals surface area contributed by atoms with Crippen molar-refractivity contribution in [2.75, 3.05) is 0 Å². The third kappa shape index (κ3) is 3.08. The Balaban J connectivity index is 2.33. The predicted molar refractivity (Wildman–Crippen MR) is 87.3 cm³/mol. The Hall–Kier alpha value is -1.66. The van der Waals surface area contributed by atoms with Gasteiger partial charge in [0.25, 0.3) is 0 Å². The van der Waals surface area contributed by atoms with Crippen LogP contribution in [0.5, 0.6) is 0 Å². The Morgan fingerprint density at radius 2 is 1.77 bits per heavy atom. The molecule has 0 saturated carbocycles. The van der Waals surface area contributed by atoms with E-state index < -0.39 is 10.0 Å². The molecule has 1 heterocycles. The molecule has 0 bridgehead atoms. The maximum Gasteiger partial charge on any atom is 0.244 e. The predicted octanol–water partition coefficient (Wildman–Crippen LogP) is 2.69. The summed E-state index contributed by atoms with van der Waals surface area (Å²) in [4.78, 5) is 0.269. The molecule has 2 aromatic rings. The molecule has 2 rings (SSSR count). The lowest BCUT2D eigenvalue weighted by Gasteiger charge is -2.16. The van der Waals surface area contributed by atoms with Crippen molar-refractivity contribution in [1.29, 1.82) is 0 Å². The van der Waals surface area contributed by atoms with E-state index in [2.05, 4.69) is 9.82 Å². The van der Waals surface area contributed by atoms with Gasteiger partial charge in [-0.2, -0.15) is 5.10 Å². The number of hydrogen-bond acceptors (Lipinski definition) is 3. The lowest BCUT2D eigenvalue weighted by atomic mass is 10.0. The topological polar surface area (TPSA) is 64.0 Å². The fourth-order valence-electron chi connectivity index (χ4n) is 2.54. The van der Waals surface area contributed by atoms with E-state index in [1.165, 1.54) is 5.56 Å². The highest BCUT2D eigenvalue weighted by molar-refractivity contribution is 7.89. The van der Waals surface area contributed by atoms with Gasteiger partial charge in [-0.3, -0.25) is 4.68 Å². The molecular weight excluding hydrogens is 298 g/mol. The van der Waals surface area contributed by atoms with Crippen LogP contribution in [0.1, 0.15) is 41.0 Å². The van der Waals surface area contributed by atoms with Crippen molar-refractivity contribution >= 4 is 10.0 Å². The number of rotatable bonds is 4. The maximum absolute atomic E-state index is 12.7. The van der Waals surface area contributed by atoms with Gasteiger partial charge in [0.05, 0.1) is 11.4 Å². The highest BCUT2D eigenvalue weighted by atomic mass is 32.2. The smallest absolute Gasteiger partial charge is 0.244 e. The minimum Gasteiger partial charge on any atom is -0.271 e. The Labute approximate surface area is 132 Å². The molecule has 1 N–H and O–H groups in total. The average Bonchev–Trinajstić information content (AvgIpc) is 2.66. The molecule has 0 spiro atoms. The molecule has 1 unspecified atom stereocenters. The number of hydrogen-bond donors (Lipinski definition) is 1. The molecule has 0 aliphatic carbocycles. The summed E-state index contributed by atoms with van der Waals surface area (Å²) in [5.41, 5.74) is 4.44. The van der Waals surface area contributed by atoms with Gasteiger partial charge in [-0.15, -0.1) is 0 Å². The zero-order chi connectivity index (χ0) is 16.7. The van der Waals surface area contributed by atoms with Gasteiger partial charge in [-0.1, -0.05) is 18.2 Å². The molecule has 1 aromatic carbocycles. The van der Waals surface area contributed by atoms with Crippen molar-refractivity contribution in [1.82, 2.24) is 14.5 Å². The van der Waals surface area contributed by atoms with E-state index in [9.17, 15) is 8.42 Å². The summed E-state index contributed by atoms with van der Waals surface area (Å²) >= 11 is 0. The summed E-state index contributed by atoms with van der Waals surface area (Å²) in [6.45, 7) is 9.38. The molecule has 5 nitrogen and oxygen atoms in total. The minimum absolute atomic E-state index is 0.269. The van der Waals surface area contributed by atoms with Crippen LogP contribution in [0.3, 0.4) is 0 Å². The van der Waals surface area contributed by atoms with Crippen molar-refractivity contribution in [2.45, 2.75) is 45.6 Å². The first-order valence-corrected chi connectivity index (χ1v) is 8.71. The summed E-state index contributed by atoms with van der Waals surface area (Å²) in [6, 6.07) is 5.68. The number of benzene rings is 1. The molecule has 0 radical (unpaired) electrons. The van der Waals surface area contributed by atoms with Crippen LogP contribution in [-0.2, 0) is 17.1 Å². The number of aromatic nitrogens is 2. The Kier molecular flexibility index (Phi) is 4.44. The Bertz CT molecular complexity index is 807. The molecular formula is C16H23N3O2S. The zero-order valence-corrected chi connectivity index (χ0v) is 14.7. The molecule has 0 saturated heterocycles. The van der Waals surface area contributed by atoms with E-state index in [0.29, 0.717) is 11.4 Å². The quantitative estimate of drug-likeness (QED) is 0.941. The largest absolute Gasteiger partial charge is 0.271 e. The van der Waals surface area contributed by atoms with Crippen LogP contribution in [0.25, 0.3) is 0 Å². The third-order valence-corrected chi connectivity index (χ3v) is 5.87. The monoisotopic (exact) mass is 321 g/mol. The third-order valence-electron chi connectivity index (χ3n) is 4.07. The molecule has 22 heavy (non-hydrogen) atoms. The summed E-state index contributed by atoms with van der Waals surface area (Å²) < 4.78 is 29.7. The first kappa shape index (κ1) is 16.7. The highest BCUT2D eigenvalue weighted by Gasteiger charge is 2.25. The van der Waals surface area contributed by atoms with Gasteiger partial charge >= 0.3 is 0 Å². The van der Waals surface area contributed by atoms with Gasteiger partial charge in [-0.25, -0.2) is 13.1 Å². The van der Waals surface area contributed by atoms with Gasteiger partial charge in [0.1, 0.15) is 4.90 Å². The Morgan fingerprint density at radius 1 is 1.14 bits per heavy atom. The summed E-state index contributed by atoms with van der Waals surface area (Å²) in [7, 11) is -1.86. The van der Waals surface area contributed by atoms with Gasteiger partial charge in [-0.05, 0) is 51.3 Å². The van der Waals surface area contributed by atoms with Crippen LogP contribution in [-0.4, -0.2) is 18.2 Å². The van der Waals surface area contributed by atoms with Crippen molar-refractivity contribution in [2.24, 2.45) is 7.05 Å². The van der Waals surface area contributed by atoms with E-state index in [1.807, 2.05) is 39.0 Å². The fourth-order valence-corrected chi connectivity index (χ4v) is 4.21. The molecule has 1 atom stereocenters. The molecule has 120 valence electrons. The molecule has 0 aliphatic rings. The van der Waals surface area contributed by atoms with Crippen LogP contribution < -0.4 is 4.72 Å². The summed E-state index contributed by atoms with van der Waals surface area (Å²) in [6.07, 6.45) is 0. The number of nitrogens with one attached hydrogen (secondary N) is 1. The second-order valence-corrected chi connectivity index (χ2v) is 7.46. The second-order valence-electron chi connectivity index (χ2n) is 5.81. The van der Waals surface area contributed by atoms with Gasteiger partial charge in [0.15, 0.2) is 0 Å². The van der Waals surface area contributed by atoms with Gasteiger partial charge < -0.3 is 0 Å². The van der Waals surface area contributed by atoms with E-state index in [1.54, 1.807) is 25.6 Å². The summed E-state index contributed by atoms with van der Waals surface area (Å²) in [5, 5.41) is 4.18. The molecule has 0 aliphatic heterocycles. The number of sulfonamides is 1. The van der Waals surface area contributed by atoms with Crippen LogP contribution in [0.15, 0.2) is 23.1 Å². The molecule has 0 amide bonds. The van der Waals surface area contributed by atoms with Crippen molar-refractivity contribution in [3.63, 3.8) is 0 Å². The van der Waals surface area contributed by atoms with E-state index in [0.717, 1.165) is 11.1 Å². The lowest BCUT2D eigenvalue weighted by molar-refractivity contribution is 0.565. The van der Waals surface area contributed by atoms with Crippen LogP contribution >= 0.6 is 0 Å². The van der Waals surface area contributed by atoms with Gasteiger partial charge in [0, 0.05) is 13.1 Å². The van der Waals surface area contributed by atoms with Crippen molar-refractivity contribution in [3.05, 3.63) is 46.3 Å². The molecule has 0 fully saturated rings. The average molecular weight is 321 g/mol. The van der Waals surface area contributed by atoms with E-state index in [4.69, 9.17) is 0 Å². The van der Waals surface area contributed by atoms with Crippen molar-refractivity contribution < 1.29 is 8.42 Å². The van der Waals surface area contributed by atoms with E-state index >= 15 is 0 Å². The lowest BCUT2D eigenvalue weighted by Crippen LogP contribution is -2.27. The first-order chi connectivity index (χ1) is 10.1. The summed E-state index contributed by atoms with van der Waals surface area (Å²) in [5.74, 6) is 0. The molecule has 6 heteroatoms. The second kappa shape index (κ2) is 5.85. The fraction of sp³-hybridized carbons (Fsp3) is 0.438. The van der Waals surface area contributed by atoms with Crippen LogP contribution in [0.4, 0.5) is 0 Å². The normalized spacial score (nSPS) is 13.4. The first-order valence-electron chi connectivity index (χ1n) is 7.23. The zero-order valence-electron chi connectivity index (χ0n) is 13.9. The van der Waals surface area contributed by atoms with Crippen LogP contribution in [0, 0.1) is 27.7 Å². The SMILES string of the molecule is Cc1ccc(C(C)NS(=O)(=O)c2c(C)nn(C)c2C)cc1C. The maximum atomic E-state index is 12.7. The van der Waals surface area contributed by atoms with Gasteiger partial charge in [0.2, 0.25) is 10.0 Å². The standard InChI is InChI=1S/C16H23N3O2S/c1-10-7-8-15(9-11(10)2)12(3)18-22(20,21)16-13(4)17-19(6)14(16)5/h7-9,12,18H,1-6H3. The van der Waals surface area contributed by atoms with E-state index in [-0.39, 0.29) is 10.9 Å². The highest BCUT2D eigenvalue weighted by Crippen LogP contribution is 2.23.